The Morgan fingerprint density at radius 2 is 2.00 bits per heavy atom. The van der Waals surface area contributed by atoms with Crippen molar-refractivity contribution in [1.82, 2.24) is 5.32 Å². The van der Waals surface area contributed by atoms with E-state index in [1.165, 1.54) is 14.7 Å². The van der Waals surface area contributed by atoms with Crippen LogP contribution in [0.25, 0.3) is 0 Å². The molecule has 0 aliphatic heterocycles. The van der Waals surface area contributed by atoms with E-state index in [-0.39, 0.29) is 5.54 Å². The molecule has 0 fully saturated rings. The topological polar surface area (TPSA) is 12.0 Å². The highest BCUT2D eigenvalue weighted by atomic mass is 35.5. The van der Waals surface area contributed by atoms with Crippen LogP contribution in [0, 0.1) is 0 Å². The van der Waals surface area contributed by atoms with Gasteiger partial charge in [0.05, 0.1) is 4.21 Å². The van der Waals surface area contributed by atoms with Gasteiger partial charge in [0.15, 0.2) is 0 Å². The van der Waals surface area contributed by atoms with Crippen molar-refractivity contribution in [3.05, 3.63) is 46.3 Å². The number of rotatable bonds is 4. The summed E-state index contributed by atoms with van der Waals surface area (Å²) in [5.41, 5.74) is 1.27. The van der Waals surface area contributed by atoms with Crippen molar-refractivity contribution in [2.75, 3.05) is 0 Å². The minimum Gasteiger partial charge on any atom is -0.308 e. The van der Waals surface area contributed by atoms with E-state index in [0.717, 1.165) is 11.6 Å². The summed E-state index contributed by atoms with van der Waals surface area (Å²) >= 11 is 9.88. The highest BCUT2D eigenvalue weighted by Crippen LogP contribution is 2.36. The quantitative estimate of drug-likeness (QED) is 0.806. The summed E-state index contributed by atoms with van der Waals surface area (Å²) in [6.45, 7) is 7.28. The molecule has 0 amide bonds. The molecule has 0 spiro atoms. The highest BCUT2D eigenvalue weighted by molar-refractivity contribution is 8.01. The lowest BCUT2D eigenvalue weighted by atomic mass is 10.1. The lowest BCUT2D eigenvalue weighted by Crippen LogP contribution is -2.35. The van der Waals surface area contributed by atoms with Gasteiger partial charge < -0.3 is 5.32 Å². The summed E-state index contributed by atoms with van der Waals surface area (Å²) < 4.78 is 1.29. The molecule has 1 nitrogen and oxygen atoms in total. The summed E-state index contributed by atoms with van der Waals surface area (Å²) in [5, 5.41) is 6.43. The van der Waals surface area contributed by atoms with E-state index in [0.29, 0.717) is 0 Å². The van der Waals surface area contributed by atoms with Crippen molar-refractivity contribution < 1.29 is 0 Å². The number of benzene rings is 1. The predicted molar refractivity (Wildman–Crippen MR) is 86.5 cm³/mol. The highest BCUT2D eigenvalue weighted by Gasteiger charge is 2.13. The van der Waals surface area contributed by atoms with Gasteiger partial charge in [-0.25, -0.2) is 0 Å². The molecule has 0 aliphatic rings. The van der Waals surface area contributed by atoms with Crippen molar-refractivity contribution in [2.45, 2.75) is 42.0 Å². The molecule has 19 heavy (non-hydrogen) atoms. The van der Waals surface area contributed by atoms with Crippen LogP contribution >= 0.6 is 34.7 Å². The minimum absolute atomic E-state index is 0.0873. The summed E-state index contributed by atoms with van der Waals surface area (Å²) in [7, 11) is 0. The van der Waals surface area contributed by atoms with Gasteiger partial charge in [-0.3, -0.25) is 0 Å². The van der Waals surface area contributed by atoms with Gasteiger partial charge in [0, 0.05) is 22.0 Å². The SMILES string of the molecule is CC(C)(C)NCc1c(Cl)cccc1Sc1cccs1. The molecule has 1 aromatic carbocycles. The molecule has 0 aliphatic carbocycles. The Morgan fingerprint density at radius 1 is 1.21 bits per heavy atom. The second-order valence-corrected chi connectivity index (χ2v) is 8.05. The van der Waals surface area contributed by atoms with Crippen molar-refractivity contribution in [3.8, 4) is 0 Å². The monoisotopic (exact) mass is 311 g/mol. The molecule has 1 N–H and O–H groups in total. The maximum Gasteiger partial charge on any atom is 0.0646 e. The minimum atomic E-state index is 0.0873. The third-order valence-electron chi connectivity index (χ3n) is 2.58. The van der Waals surface area contributed by atoms with Gasteiger partial charge in [0.1, 0.15) is 0 Å². The van der Waals surface area contributed by atoms with Crippen LogP contribution in [-0.2, 0) is 6.54 Å². The third-order valence-corrected chi connectivity index (χ3v) is 5.07. The molecule has 0 radical (unpaired) electrons. The molecule has 0 saturated heterocycles. The normalized spacial score (nSPS) is 11.8. The number of hydrogen-bond acceptors (Lipinski definition) is 3. The van der Waals surface area contributed by atoms with Gasteiger partial charge in [-0.15, -0.1) is 11.3 Å². The molecule has 1 heterocycles. The summed E-state index contributed by atoms with van der Waals surface area (Å²) in [6, 6.07) is 10.3. The molecule has 0 atom stereocenters. The van der Waals surface area contributed by atoms with E-state index in [1.807, 2.05) is 12.1 Å². The van der Waals surface area contributed by atoms with Gasteiger partial charge in [-0.05, 0) is 49.9 Å². The van der Waals surface area contributed by atoms with E-state index in [4.69, 9.17) is 11.6 Å². The van der Waals surface area contributed by atoms with Gasteiger partial charge in [-0.1, -0.05) is 35.5 Å². The van der Waals surface area contributed by atoms with Crippen molar-refractivity contribution in [2.24, 2.45) is 0 Å². The van der Waals surface area contributed by atoms with Crippen molar-refractivity contribution >= 4 is 34.7 Å². The zero-order valence-corrected chi connectivity index (χ0v) is 13.8. The first kappa shape index (κ1) is 14.9. The molecule has 1 aromatic heterocycles. The average molecular weight is 312 g/mol. The first-order valence-corrected chi connectivity index (χ1v) is 8.27. The second-order valence-electron chi connectivity index (χ2n) is 5.35. The zero-order valence-electron chi connectivity index (χ0n) is 11.4. The average Bonchev–Trinajstić information content (AvgIpc) is 2.79. The zero-order chi connectivity index (χ0) is 13.9. The lowest BCUT2D eigenvalue weighted by Gasteiger charge is -2.22. The Labute approximate surface area is 128 Å². The second kappa shape index (κ2) is 6.31. The first-order chi connectivity index (χ1) is 8.96. The number of nitrogens with one attached hydrogen (secondary N) is 1. The maximum atomic E-state index is 6.35. The molecular formula is C15H18ClNS2. The van der Waals surface area contributed by atoms with Crippen LogP contribution in [-0.4, -0.2) is 5.54 Å². The van der Waals surface area contributed by atoms with Crippen LogP contribution < -0.4 is 5.32 Å². The van der Waals surface area contributed by atoms with Crippen molar-refractivity contribution in [3.63, 3.8) is 0 Å². The fraction of sp³-hybridized carbons (Fsp3) is 0.333. The summed E-state index contributed by atoms with van der Waals surface area (Å²) in [5.74, 6) is 0. The summed E-state index contributed by atoms with van der Waals surface area (Å²) in [4.78, 5) is 1.23. The van der Waals surface area contributed by atoms with Crippen LogP contribution in [0.15, 0.2) is 44.8 Å². The van der Waals surface area contributed by atoms with Gasteiger partial charge in [-0.2, -0.15) is 0 Å². The molecule has 102 valence electrons. The number of hydrogen-bond donors (Lipinski definition) is 1. The number of halogens is 1. The number of thiophene rings is 1. The molecule has 2 aromatic rings. The van der Waals surface area contributed by atoms with Crippen molar-refractivity contribution in [1.29, 1.82) is 0 Å². The Bertz CT molecular complexity index is 530. The van der Waals surface area contributed by atoms with E-state index in [9.17, 15) is 0 Å². The fourth-order valence-electron chi connectivity index (χ4n) is 1.59. The lowest BCUT2D eigenvalue weighted by molar-refractivity contribution is 0.422. The third kappa shape index (κ3) is 4.53. The van der Waals surface area contributed by atoms with Crippen LogP contribution in [0.1, 0.15) is 26.3 Å². The van der Waals surface area contributed by atoms with E-state index in [2.05, 4.69) is 49.7 Å². The Hall–Kier alpha value is -0.480. The Balaban J connectivity index is 2.20. The van der Waals surface area contributed by atoms with Crippen LogP contribution in [0.2, 0.25) is 5.02 Å². The Morgan fingerprint density at radius 3 is 2.63 bits per heavy atom. The molecule has 2 rings (SSSR count). The largest absolute Gasteiger partial charge is 0.308 e. The maximum absolute atomic E-state index is 6.35. The molecular weight excluding hydrogens is 294 g/mol. The van der Waals surface area contributed by atoms with E-state index >= 15 is 0 Å². The Kier molecular flexibility index (Phi) is 4.96. The first-order valence-electron chi connectivity index (χ1n) is 6.19. The van der Waals surface area contributed by atoms with Crippen LogP contribution in [0.3, 0.4) is 0 Å². The van der Waals surface area contributed by atoms with Gasteiger partial charge >= 0.3 is 0 Å². The smallest absolute Gasteiger partial charge is 0.0646 e. The molecule has 4 heteroatoms. The predicted octanol–water partition coefficient (Wildman–Crippen LogP) is 5.44. The van der Waals surface area contributed by atoms with Crippen LogP contribution in [0.5, 0.6) is 0 Å². The van der Waals surface area contributed by atoms with Crippen LogP contribution in [0.4, 0.5) is 0 Å². The van der Waals surface area contributed by atoms with E-state index < -0.39 is 0 Å². The molecule has 0 bridgehead atoms. The molecule has 0 unspecified atom stereocenters. The fourth-order valence-corrected chi connectivity index (χ4v) is 3.78. The van der Waals surface area contributed by atoms with Gasteiger partial charge in [0.25, 0.3) is 0 Å². The summed E-state index contributed by atoms with van der Waals surface area (Å²) in [6.07, 6.45) is 0. The molecule has 0 saturated carbocycles. The van der Waals surface area contributed by atoms with Gasteiger partial charge in [0.2, 0.25) is 0 Å². The standard InChI is InChI=1S/C15H18ClNS2/c1-15(2,3)17-10-11-12(16)6-4-7-13(11)19-14-8-5-9-18-14/h4-9,17H,10H2,1-3H3. The van der Waals surface area contributed by atoms with E-state index in [1.54, 1.807) is 23.1 Å².